The predicted octanol–water partition coefficient (Wildman–Crippen LogP) is 3.65. The molecule has 0 aliphatic rings. The molecule has 0 radical (unpaired) electrons. The van der Waals surface area contributed by atoms with Gasteiger partial charge in [-0.2, -0.15) is 0 Å². The van der Waals surface area contributed by atoms with Gasteiger partial charge in [0.05, 0.1) is 6.04 Å². The lowest BCUT2D eigenvalue weighted by molar-refractivity contribution is 0.453. The van der Waals surface area contributed by atoms with Crippen LogP contribution in [0.25, 0.3) is 0 Å². The quantitative estimate of drug-likeness (QED) is 0.899. The smallest absolute Gasteiger partial charge is 0.129 e. The molecular weight excluding hydrogens is 229 g/mol. The summed E-state index contributed by atoms with van der Waals surface area (Å²) >= 11 is 0. The van der Waals surface area contributed by atoms with Crippen molar-refractivity contribution >= 4 is 0 Å². The first-order valence-corrected chi connectivity index (χ1v) is 6.13. The van der Waals surface area contributed by atoms with Crippen LogP contribution in [0.4, 0.5) is 4.39 Å². The molecule has 0 saturated heterocycles. The number of aryl methyl sites for hydroxylation is 3. The third kappa shape index (κ3) is 2.31. The molecule has 0 aliphatic carbocycles. The normalized spacial score (nSPS) is 12.7. The molecule has 1 aromatic carbocycles. The van der Waals surface area contributed by atoms with E-state index in [1.54, 1.807) is 26.0 Å². The summed E-state index contributed by atoms with van der Waals surface area (Å²) in [7, 11) is 0. The number of rotatable bonds is 3. The summed E-state index contributed by atoms with van der Waals surface area (Å²) in [6.07, 6.45) is 0.841. The van der Waals surface area contributed by atoms with E-state index in [4.69, 9.17) is 10.2 Å². The maximum absolute atomic E-state index is 13.6. The first-order valence-electron chi connectivity index (χ1n) is 6.13. The van der Waals surface area contributed by atoms with Crippen molar-refractivity contribution in [1.82, 2.24) is 0 Å². The second-order valence-electron chi connectivity index (χ2n) is 4.60. The van der Waals surface area contributed by atoms with E-state index in [1.807, 2.05) is 19.1 Å². The van der Waals surface area contributed by atoms with Crippen molar-refractivity contribution in [3.05, 3.63) is 58.3 Å². The Hall–Kier alpha value is -1.61. The van der Waals surface area contributed by atoms with Crippen molar-refractivity contribution in [2.45, 2.75) is 33.2 Å². The molecule has 2 N–H and O–H groups in total. The van der Waals surface area contributed by atoms with Gasteiger partial charge in [0.2, 0.25) is 0 Å². The van der Waals surface area contributed by atoms with E-state index in [2.05, 4.69) is 0 Å². The SMILES string of the molecule is CCc1ccc(C(N)c2cc(C)c(F)c(C)c2)o1. The molecule has 0 amide bonds. The molecule has 0 bridgehead atoms. The molecule has 1 unspecified atom stereocenters. The lowest BCUT2D eigenvalue weighted by atomic mass is 10.00. The molecule has 1 atom stereocenters. The Kier molecular flexibility index (Phi) is 3.53. The van der Waals surface area contributed by atoms with Crippen molar-refractivity contribution in [3.63, 3.8) is 0 Å². The zero-order valence-electron chi connectivity index (χ0n) is 11.0. The third-order valence-corrected chi connectivity index (χ3v) is 3.16. The fourth-order valence-electron chi connectivity index (χ4n) is 2.07. The van der Waals surface area contributed by atoms with Crippen LogP contribution in [-0.2, 0) is 6.42 Å². The number of hydrogen-bond acceptors (Lipinski definition) is 2. The van der Waals surface area contributed by atoms with Crippen molar-refractivity contribution in [3.8, 4) is 0 Å². The van der Waals surface area contributed by atoms with Gasteiger partial charge in [-0.1, -0.05) is 19.1 Å². The van der Waals surface area contributed by atoms with Crippen LogP contribution in [0.5, 0.6) is 0 Å². The highest BCUT2D eigenvalue weighted by molar-refractivity contribution is 5.35. The summed E-state index contributed by atoms with van der Waals surface area (Å²) in [5.74, 6) is 1.47. The zero-order valence-corrected chi connectivity index (χ0v) is 11.0. The topological polar surface area (TPSA) is 39.2 Å². The molecule has 2 aromatic rings. The molecular formula is C15H18FNO. The van der Waals surface area contributed by atoms with Crippen molar-refractivity contribution in [2.24, 2.45) is 5.73 Å². The van der Waals surface area contributed by atoms with E-state index < -0.39 is 0 Å². The largest absolute Gasteiger partial charge is 0.464 e. The molecule has 0 saturated carbocycles. The summed E-state index contributed by atoms with van der Waals surface area (Å²) in [5, 5.41) is 0. The van der Waals surface area contributed by atoms with Crippen LogP contribution in [0.15, 0.2) is 28.7 Å². The minimum absolute atomic E-state index is 0.167. The summed E-state index contributed by atoms with van der Waals surface area (Å²) in [5.41, 5.74) is 8.26. The van der Waals surface area contributed by atoms with Gasteiger partial charge in [-0.05, 0) is 42.7 Å². The molecule has 3 heteroatoms. The predicted molar refractivity (Wildman–Crippen MR) is 70.0 cm³/mol. The Morgan fingerprint density at radius 3 is 2.33 bits per heavy atom. The van der Waals surface area contributed by atoms with E-state index in [0.29, 0.717) is 11.1 Å². The molecule has 1 heterocycles. The van der Waals surface area contributed by atoms with Gasteiger partial charge in [0, 0.05) is 6.42 Å². The fraction of sp³-hybridized carbons (Fsp3) is 0.333. The van der Waals surface area contributed by atoms with Gasteiger partial charge < -0.3 is 10.2 Å². The van der Waals surface area contributed by atoms with Crippen LogP contribution in [-0.4, -0.2) is 0 Å². The maximum atomic E-state index is 13.6. The van der Waals surface area contributed by atoms with Crippen LogP contribution in [0.2, 0.25) is 0 Å². The number of benzene rings is 1. The van der Waals surface area contributed by atoms with E-state index in [0.717, 1.165) is 23.5 Å². The minimum Gasteiger partial charge on any atom is -0.464 e. The zero-order chi connectivity index (χ0) is 13.3. The molecule has 0 spiro atoms. The Bertz CT molecular complexity index is 536. The fourth-order valence-corrected chi connectivity index (χ4v) is 2.07. The molecule has 96 valence electrons. The average molecular weight is 247 g/mol. The molecule has 0 aliphatic heterocycles. The van der Waals surface area contributed by atoms with Crippen LogP contribution >= 0.6 is 0 Å². The Morgan fingerprint density at radius 2 is 1.83 bits per heavy atom. The van der Waals surface area contributed by atoms with E-state index in [1.165, 1.54) is 0 Å². The van der Waals surface area contributed by atoms with Gasteiger partial charge in [0.1, 0.15) is 17.3 Å². The van der Waals surface area contributed by atoms with Crippen molar-refractivity contribution < 1.29 is 8.81 Å². The third-order valence-electron chi connectivity index (χ3n) is 3.16. The summed E-state index contributed by atoms with van der Waals surface area (Å²) in [4.78, 5) is 0. The van der Waals surface area contributed by atoms with Gasteiger partial charge in [-0.3, -0.25) is 0 Å². The van der Waals surface area contributed by atoms with Crippen LogP contribution in [0.1, 0.15) is 41.2 Å². The molecule has 1 aromatic heterocycles. The highest BCUT2D eigenvalue weighted by Crippen LogP contribution is 2.25. The Labute approximate surface area is 107 Å². The molecule has 0 fully saturated rings. The van der Waals surface area contributed by atoms with E-state index in [9.17, 15) is 4.39 Å². The lowest BCUT2D eigenvalue weighted by Crippen LogP contribution is -2.12. The van der Waals surface area contributed by atoms with Crippen LogP contribution in [0.3, 0.4) is 0 Å². The minimum atomic E-state index is -0.344. The Morgan fingerprint density at radius 1 is 1.22 bits per heavy atom. The maximum Gasteiger partial charge on any atom is 0.129 e. The number of hydrogen-bond donors (Lipinski definition) is 1. The summed E-state index contributed by atoms with van der Waals surface area (Å²) in [6, 6.07) is 7.03. The lowest BCUT2D eigenvalue weighted by Gasteiger charge is -2.12. The monoisotopic (exact) mass is 247 g/mol. The van der Waals surface area contributed by atoms with Crippen molar-refractivity contribution in [2.75, 3.05) is 0 Å². The standard InChI is InChI=1S/C15H18FNO/c1-4-12-5-6-13(18-12)15(17)11-7-9(2)14(16)10(3)8-11/h5-8,15H,4,17H2,1-3H3. The van der Waals surface area contributed by atoms with Gasteiger partial charge in [-0.15, -0.1) is 0 Å². The first-order chi connectivity index (χ1) is 8.52. The highest BCUT2D eigenvalue weighted by Gasteiger charge is 2.15. The second kappa shape index (κ2) is 4.94. The van der Waals surface area contributed by atoms with E-state index >= 15 is 0 Å². The summed E-state index contributed by atoms with van der Waals surface area (Å²) < 4.78 is 19.2. The second-order valence-corrected chi connectivity index (χ2v) is 4.60. The van der Waals surface area contributed by atoms with Gasteiger partial charge >= 0.3 is 0 Å². The summed E-state index contributed by atoms with van der Waals surface area (Å²) in [6.45, 7) is 5.52. The van der Waals surface area contributed by atoms with Crippen LogP contribution in [0, 0.1) is 19.7 Å². The number of halogens is 1. The van der Waals surface area contributed by atoms with E-state index in [-0.39, 0.29) is 11.9 Å². The van der Waals surface area contributed by atoms with Crippen molar-refractivity contribution in [1.29, 1.82) is 0 Å². The van der Waals surface area contributed by atoms with Gasteiger partial charge in [0.15, 0.2) is 0 Å². The number of furan rings is 1. The Balaban J connectivity index is 2.36. The molecule has 18 heavy (non-hydrogen) atoms. The number of nitrogens with two attached hydrogens (primary N) is 1. The molecule has 2 nitrogen and oxygen atoms in total. The van der Waals surface area contributed by atoms with Gasteiger partial charge in [-0.25, -0.2) is 4.39 Å². The van der Waals surface area contributed by atoms with Gasteiger partial charge in [0.25, 0.3) is 0 Å². The average Bonchev–Trinajstić information content (AvgIpc) is 2.83. The molecule has 2 rings (SSSR count). The highest BCUT2D eigenvalue weighted by atomic mass is 19.1. The first kappa shape index (κ1) is 12.8. The van der Waals surface area contributed by atoms with Crippen LogP contribution < -0.4 is 5.73 Å².